The number of H-pyrrole nitrogens is 2. The van der Waals surface area contributed by atoms with Gasteiger partial charge in [0.25, 0.3) is 0 Å². The molecule has 11 heteroatoms. The number of benzene rings is 2. The van der Waals surface area contributed by atoms with Gasteiger partial charge in [-0.1, -0.05) is 36.4 Å². The molecule has 0 fully saturated rings. The molecule has 0 aliphatic heterocycles. The van der Waals surface area contributed by atoms with Crippen LogP contribution in [0.4, 0.5) is 9.59 Å². The van der Waals surface area contributed by atoms with E-state index < -0.39 is 47.4 Å². The fourth-order valence-electron chi connectivity index (χ4n) is 4.57. The van der Waals surface area contributed by atoms with Crippen molar-refractivity contribution in [1.82, 2.24) is 20.6 Å². The molecule has 2 aromatic heterocycles. The van der Waals surface area contributed by atoms with E-state index in [2.05, 4.69) is 20.6 Å². The molecule has 0 saturated heterocycles. The highest BCUT2D eigenvalue weighted by molar-refractivity contribution is 5.95. The average Bonchev–Trinajstić information content (AvgIpc) is 3.50. The molecule has 4 rings (SSSR count). The fourth-order valence-corrected chi connectivity index (χ4v) is 4.57. The number of aromatic amines is 2. The molecule has 2 heterocycles. The summed E-state index contributed by atoms with van der Waals surface area (Å²) < 4.78 is 16.0. The summed E-state index contributed by atoms with van der Waals surface area (Å²) in [4.78, 5) is 58.6. The summed E-state index contributed by atoms with van der Waals surface area (Å²) in [5.74, 6) is -2.01. The standard InChI is InChI=1S/C32H38N4O7/c1-31(2,3)42-29(39)35-25(15-19-17-33-23-13-9-7-11-21(19)23)27(37)41-28(38)26(36-30(40)43-32(4,5)6)16-20-18-34-24-14-10-8-12-22(20)24/h7-14,17-18,25-26,33-34H,15-16H2,1-6H3,(H,35,39)(H,36,40)/t25-,26-/m0/s1. The minimum Gasteiger partial charge on any atom is -0.444 e. The lowest BCUT2D eigenvalue weighted by Gasteiger charge is -2.24. The van der Waals surface area contributed by atoms with Crippen LogP contribution < -0.4 is 10.6 Å². The number of esters is 2. The van der Waals surface area contributed by atoms with Gasteiger partial charge in [0.05, 0.1) is 0 Å². The van der Waals surface area contributed by atoms with Crippen molar-refractivity contribution in [2.24, 2.45) is 0 Å². The maximum absolute atomic E-state index is 13.5. The van der Waals surface area contributed by atoms with Crippen LogP contribution in [-0.2, 0) is 36.6 Å². The van der Waals surface area contributed by atoms with E-state index in [9.17, 15) is 19.2 Å². The van der Waals surface area contributed by atoms with E-state index in [1.54, 1.807) is 53.9 Å². The van der Waals surface area contributed by atoms with Crippen molar-refractivity contribution < 1.29 is 33.4 Å². The molecular formula is C32H38N4O7. The van der Waals surface area contributed by atoms with Gasteiger partial charge in [-0.3, -0.25) is 0 Å². The van der Waals surface area contributed by atoms with E-state index >= 15 is 0 Å². The third kappa shape index (κ3) is 8.60. The van der Waals surface area contributed by atoms with Crippen molar-refractivity contribution in [2.75, 3.05) is 0 Å². The number of alkyl carbamates (subject to hydrolysis) is 2. The van der Waals surface area contributed by atoms with Crippen molar-refractivity contribution in [1.29, 1.82) is 0 Å². The molecule has 4 N–H and O–H groups in total. The highest BCUT2D eigenvalue weighted by atomic mass is 16.6. The summed E-state index contributed by atoms with van der Waals surface area (Å²) in [5, 5.41) is 6.78. The van der Waals surface area contributed by atoms with E-state index in [1.165, 1.54) is 0 Å². The van der Waals surface area contributed by atoms with Crippen molar-refractivity contribution >= 4 is 45.9 Å². The number of fused-ring (bicyclic) bond motifs is 2. The third-order valence-corrected chi connectivity index (χ3v) is 6.35. The Bertz CT molecular complexity index is 1500. The summed E-state index contributed by atoms with van der Waals surface area (Å²) in [5.41, 5.74) is 1.50. The van der Waals surface area contributed by atoms with E-state index in [4.69, 9.17) is 14.2 Å². The number of carbonyl (C=O) groups excluding carboxylic acids is 4. The molecule has 0 aliphatic rings. The Morgan fingerprint density at radius 2 is 1.02 bits per heavy atom. The van der Waals surface area contributed by atoms with Crippen LogP contribution in [0.25, 0.3) is 21.8 Å². The van der Waals surface area contributed by atoms with Gasteiger partial charge in [0.15, 0.2) is 0 Å². The van der Waals surface area contributed by atoms with Gasteiger partial charge in [0, 0.05) is 47.0 Å². The van der Waals surface area contributed by atoms with Crippen LogP contribution in [0.15, 0.2) is 60.9 Å². The molecule has 0 radical (unpaired) electrons. The fraction of sp³-hybridized carbons (Fsp3) is 0.375. The number of para-hydroxylation sites is 2. The monoisotopic (exact) mass is 590 g/mol. The lowest BCUT2D eigenvalue weighted by atomic mass is 10.0. The van der Waals surface area contributed by atoms with E-state index in [0.29, 0.717) is 0 Å². The Balaban J connectivity index is 1.57. The first-order chi connectivity index (χ1) is 20.2. The topological polar surface area (TPSA) is 152 Å². The summed E-state index contributed by atoms with van der Waals surface area (Å²) in [7, 11) is 0. The number of rotatable bonds is 8. The van der Waals surface area contributed by atoms with Gasteiger partial charge in [0.2, 0.25) is 0 Å². The highest BCUT2D eigenvalue weighted by Crippen LogP contribution is 2.22. The largest absolute Gasteiger partial charge is 0.444 e. The Kier molecular flexibility index (Phi) is 9.13. The summed E-state index contributed by atoms with van der Waals surface area (Å²) in [6.45, 7) is 10.2. The normalized spacial score (nSPS) is 13.3. The number of amides is 2. The first-order valence-electron chi connectivity index (χ1n) is 14.0. The number of carbonyl (C=O) groups is 4. The van der Waals surface area contributed by atoms with E-state index in [-0.39, 0.29) is 12.8 Å². The van der Waals surface area contributed by atoms with Crippen LogP contribution in [0.3, 0.4) is 0 Å². The highest BCUT2D eigenvalue weighted by Gasteiger charge is 2.33. The quantitative estimate of drug-likeness (QED) is 0.124. The van der Waals surface area contributed by atoms with Crippen molar-refractivity contribution in [2.45, 2.75) is 77.7 Å². The van der Waals surface area contributed by atoms with E-state index in [1.807, 2.05) is 48.5 Å². The van der Waals surface area contributed by atoms with Gasteiger partial charge in [-0.2, -0.15) is 0 Å². The molecule has 0 saturated carbocycles. The lowest BCUT2D eigenvalue weighted by Crippen LogP contribution is -2.49. The summed E-state index contributed by atoms with van der Waals surface area (Å²) >= 11 is 0. The van der Waals surface area contributed by atoms with Gasteiger partial charge >= 0.3 is 24.1 Å². The second kappa shape index (κ2) is 12.6. The van der Waals surface area contributed by atoms with E-state index in [0.717, 1.165) is 32.9 Å². The average molecular weight is 591 g/mol. The van der Waals surface area contributed by atoms with Gasteiger partial charge in [-0.15, -0.1) is 0 Å². The molecule has 2 amide bonds. The van der Waals surface area contributed by atoms with Crippen molar-refractivity contribution in [3.05, 3.63) is 72.1 Å². The second-order valence-corrected chi connectivity index (χ2v) is 12.3. The minimum atomic E-state index is -1.27. The molecule has 0 bridgehead atoms. The number of hydrogen-bond acceptors (Lipinski definition) is 7. The lowest BCUT2D eigenvalue weighted by molar-refractivity contribution is -0.162. The molecule has 43 heavy (non-hydrogen) atoms. The third-order valence-electron chi connectivity index (χ3n) is 6.35. The van der Waals surface area contributed by atoms with Crippen LogP contribution in [0.1, 0.15) is 52.7 Å². The molecule has 0 aliphatic carbocycles. The molecule has 2 atom stereocenters. The van der Waals surface area contributed by atoms with Gasteiger partial charge < -0.3 is 34.8 Å². The Hall–Kier alpha value is -4.80. The number of aromatic nitrogens is 2. The predicted octanol–water partition coefficient (Wildman–Crippen LogP) is 5.29. The Morgan fingerprint density at radius 1 is 0.651 bits per heavy atom. The number of ether oxygens (including phenoxy) is 3. The zero-order chi connectivity index (χ0) is 31.4. The van der Waals surface area contributed by atoms with Crippen molar-refractivity contribution in [3.8, 4) is 0 Å². The Labute approximate surface area is 249 Å². The van der Waals surface area contributed by atoms with Crippen LogP contribution in [-0.4, -0.2) is 57.4 Å². The molecule has 228 valence electrons. The molecular weight excluding hydrogens is 552 g/mol. The van der Waals surface area contributed by atoms with Gasteiger partial charge in [-0.25, -0.2) is 19.2 Å². The number of hydrogen-bond donors (Lipinski definition) is 4. The first kappa shape index (κ1) is 31.1. The first-order valence-corrected chi connectivity index (χ1v) is 14.0. The smallest absolute Gasteiger partial charge is 0.408 e. The van der Waals surface area contributed by atoms with Gasteiger partial charge in [0.1, 0.15) is 23.3 Å². The van der Waals surface area contributed by atoms with Crippen LogP contribution in [0.2, 0.25) is 0 Å². The van der Waals surface area contributed by atoms with Crippen LogP contribution >= 0.6 is 0 Å². The zero-order valence-corrected chi connectivity index (χ0v) is 25.2. The summed E-state index contributed by atoms with van der Waals surface area (Å²) in [6.07, 6.45) is 1.80. The molecule has 4 aromatic rings. The van der Waals surface area contributed by atoms with Gasteiger partial charge in [-0.05, 0) is 64.8 Å². The summed E-state index contributed by atoms with van der Waals surface area (Å²) in [6, 6.07) is 12.4. The maximum Gasteiger partial charge on any atom is 0.408 e. The molecule has 2 aromatic carbocycles. The SMILES string of the molecule is CC(C)(C)OC(=O)N[C@@H](Cc1c[nH]c2ccccc12)C(=O)OC(=O)[C@H](Cc1c[nH]c2ccccc12)NC(=O)OC(C)(C)C. The molecule has 0 spiro atoms. The predicted molar refractivity (Wildman–Crippen MR) is 161 cm³/mol. The Morgan fingerprint density at radius 3 is 1.40 bits per heavy atom. The van der Waals surface area contributed by atoms with Crippen LogP contribution in [0, 0.1) is 0 Å². The minimum absolute atomic E-state index is 0.0159. The van der Waals surface area contributed by atoms with Crippen LogP contribution in [0.5, 0.6) is 0 Å². The number of nitrogens with one attached hydrogen (secondary N) is 4. The molecule has 11 nitrogen and oxygen atoms in total. The maximum atomic E-state index is 13.5. The zero-order valence-electron chi connectivity index (χ0n) is 25.2. The van der Waals surface area contributed by atoms with Crippen molar-refractivity contribution in [3.63, 3.8) is 0 Å². The second-order valence-electron chi connectivity index (χ2n) is 12.3. The molecule has 0 unspecified atom stereocenters.